The number of aliphatic imine (C=N–C) groups is 1. The average Bonchev–Trinajstić information content (AvgIpc) is 2.68. The van der Waals surface area contributed by atoms with Gasteiger partial charge in [0.05, 0.1) is 19.3 Å². The first-order valence-corrected chi connectivity index (χ1v) is 9.73. The second kappa shape index (κ2) is 13.3. The summed E-state index contributed by atoms with van der Waals surface area (Å²) in [6.45, 7) is 10.0. The summed E-state index contributed by atoms with van der Waals surface area (Å²) in [6, 6.07) is 7.45. The molecule has 8 heteroatoms. The Hall–Kier alpha value is -0.970. The number of halogens is 2. The summed E-state index contributed by atoms with van der Waals surface area (Å²) < 4.78 is 18.8. The van der Waals surface area contributed by atoms with Crippen molar-refractivity contribution in [1.82, 2.24) is 20.4 Å². The molecule has 6 nitrogen and oxygen atoms in total. The molecule has 0 spiro atoms. The minimum atomic E-state index is -0.209. The van der Waals surface area contributed by atoms with E-state index in [1.54, 1.807) is 7.05 Å². The van der Waals surface area contributed by atoms with Crippen molar-refractivity contribution in [3.63, 3.8) is 0 Å². The summed E-state index contributed by atoms with van der Waals surface area (Å²) in [5.41, 5.74) is 1.10. The number of nitrogens with zero attached hydrogens (tertiary/aromatic N) is 3. The second-order valence-electron chi connectivity index (χ2n) is 7.17. The topological polar surface area (TPSA) is 52.1 Å². The van der Waals surface area contributed by atoms with Crippen LogP contribution in [0.15, 0.2) is 29.3 Å². The van der Waals surface area contributed by atoms with E-state index in [0.29, 0.717) is 12.6 Å². The molecule has 1 fully saturated rings. The van der Waals surface area contributed by atoms with Crippen LogP contribution in [0.2, 0.25) is 0 Å². The lowest BCUT2D eigenvalue weighted by atomic mass is 10.0. The van der Waals surface area contributed by atoms with Gasteiger partial charge in [-0.05, 0) is 38.6 Å². The summed E-state index contributed by atoms with van der Waals surface area (Å²) >= 11 is 0. The summed E-state index contributed by atoms with van der Waals surface area (Å²) in [4.78, 5) is 8.99. The van der Waals surface area contributed by atoms with Crippen LogP contribution in [-0.4, -0.2) is 81.8 Å². The first-order chi connectivity index (χ1) is 13.0. The number of ether oxygens (including phenoxy) is 1. The van der Waals surface area contributed by atoms with E-state index in [1.807, 2.05) is 12.1 Å². The van der Waals surface area contributed by atoms with Crippen LogP contribution in [0, 0.1) is 5.82 Å². The fourth-order valence-corrected chi connectivity index (χ4v) is 3.05. The lowest BCUT2D eigenvalue weighted by Gasteiger charge is -2.35. The Labute approximate surface area is 185 Å². The summed E-state index contributed by atoms with van der Waals surface area (Å²) in [7, 11) is 3.90. The fourth-order valence-electron chi connectivity index (χ4n) is 3.05. The van der Waals surface area contributed by atoms with Gasteiger partial charge < -0.3 is 20.3 Å². The number of nitrogens with one attached hydrogen (secondary N) is 2. The van der Waals surface area contributed by atoms with Crippen molar-refractivity contribution < 1.29 is 9.13 Å². The Balaban J connectivity index is 0.00000392. The average molecular weight is 507 g/mol. The number of guanidine groups is 1. The quantitative estimate of drug-likeness (QED) is 0.322. The van der Waals surface area contributed by atoms with Gasteiger partial charge in [0.15, 0.2) is 5.96 Å². The van der Waals surface area contributed by atoms with Crippen molar-refractivity contribution in [2.75, 3.05) is 60.0 Å². The van der Waals surface area contributed by atoms with E-state index >= 15 is 0 Å². The first-order valence-electron chi connectivity index (χ1n) is 9.73. The molecule has 0 aliphatic carbocycles. The molecule has 1 saturated heterocycles. The molecule has 1 atom stereocenters. The molecule has 1 unspecified atom stereocenters. The summed E-state index contributed by atoms with van der Waals surface area (Å²) in [6.07, 6.45) is 0. The van der Waals surface area contributed by atoms with Gasteiger partial charge >= 0.3 is 0 Å². The van der Waals surface area contributed by atoms with Gasteiger partial charge in [-0.15, -0.1) is 24.0 Å². The number of rotatable bonds is 8. The normalized spacial score (nSPS) is 16.8. The van der Waals surface area contributed by atoms with E-state index in [-0.39, 0.29) is 35.8 Å². The van der Waals surface area contributed by atoms with Crippen molar-refractivity contribution in [2.24, 2.45) is 4.99 Å². The number of morpholine rings is 1. The molecule has 1 aliphatic heterocycles. The molecule has 0 saturated carbocycles. The van der Waals surface area contributed by atoms with Crippen LogP contribution in [0.25, 0.3) is 0 Å². The van der Waals surface area contributed by atoms with Crippen molar-refractivity contribution >= 4 is 29.9 Å². The highest BCUT2D eigenvalue weighted by Crippen LogP contribution is 2.21. The highest BCUT2D eigenvalue weighted by atomic mass is 127. The maximum atomic E-state index is 13.3. The largest absolute Gasteiger partial charge is 0.379 e. The molecule has 160 valence electrons. The third-order valence-electron chi connectivity index (χ3n) is 5.07. The lowest BCUT2D eigenvalue weighted by Crippen LogP contribution is -2.47. The molecule has 1 aromatic carbocycles. The highest BCUT2D eigenvalue weighted by molar-refractivity contribution is 14.0. The standard InChI is InChI=1S/C20H34FN5O.HI/c1-16(2)25(4)10-9-23-20(22-3)24-15-19(26-11-13-27-14-12-26)17-5-7-18(21)8-6-17;/h5-8,16,19H,9-15H2,1-4H3,(H2,22,23,24);1H. The number of benzene rings is 1. The van der Waals surface area contributed by atoms with Crippen molar-refractivity contribution in [3.05, 3.63) is 35.6 Å². The van der Waals surface area contributed by atoms with Gasteiger partial charge in [0.1, 0.15) is 5.82 Å². The minimum absolute atomic E-state index is 0. The van der Waals surface area contributed by atoms with Gasteiger partial charge in [-0.25, -0.2) is 4.39 Å². The zero-order valence-electron chi connectivity index (χ0n) is 17.4. The van der Waals surface area contributed by atoms with Gasteiger partial charge in [0.2, 0.25) is 0 Å². The minimum Gasteiger partial charge on any atom is -0.379 e. The predicted octanol–water partition coefficient (Wildman–Crippen LogP) is 2.32. The molecule has 0 amide bonds. The molecule has 2 rings (SSSR count). The Kier molecular flexibility index (Phi) is 11.9. The van der Waals surface area contributed by atoms with Crippen LogP contribution in [0.3, 0.4) is 0 Å². The molecule has 1 aliphatic rings. The van der Waals surface area contributed by atoms with E-state index in [1.165, 1.54) is 12.1 Å². The van der Waals surface area contributed by atoms with Crippen molar-refractivity contribution in [1.29, 1.82) is 0 Å². The van der Waals surface area contributed by atoms with E-state index in [2.05, 4.69) is 46.3 Å². The Morgan fingerprint density at radius 1 is 1.21 bits per heavy atom. The molecule has 1 heterocycles. The Morgan fingerprint density at radius 3 is 2.43 bits per heavy atom. The third-order valence-corrected chi connectivity index (χ3v) is 5.07. The SMILES string of the molecule is CN=C(NCCN(C)C(C)C)NCC(c1ccc(F)cc1)N1CCOCC1.I. The van der Waals surface area contributed by atoms with Gasteiger partial charge in [-0.3, -0.25) is 9.89 Å². The zero-order chi connectivity index (χ0) is 19.6. The third kappa shape index (κ3) is 8.18. The molecular weight excluding hydrogens is 472 g/mol. The number of hydrogen-bond acceptors (Lipinski definition) is 4. The van der Waals surface area contributed by atoms with E-state index < -0.39 is 0 Å². The van der Waals surface area contributed by atoms with Gasteiger partial charge in [0, 0.05) is 45.8 Å². The first kappa shape index (κ1) is 25.1. The van der Waals surface area contributed by atoms with Crippen LogP contribution in [0.1, 0.15) is 25.5 Å². The monoisotopic (exact) mass is 507 g/mol. The van der Waals surface area contributed by atoms with Crippen LogP contribution in [0.4, 0.5) is 4.39 Å². The van der Waals surface area contributed by atoms with Crippen molar-refractivity contribution in [2.45, 2.75) is 25.9 Å². The number of hydrogen-bond donors (Lipinski definition) is 2. The predicted molar refractivity (Wildman–Crippen MR) is 124 cm³/mol. The summed E-state index contributed by atoms with van der Waals surface area (Å²) in [5, 5.41) is 6.80. The second-order valence-corrected chi connectivity index (χ2v) is 7.17. The molecule has 0 aromatic heterocycles. The van der Waals surface area contributed by atoms with Crippen LogP contribution < -0.4 is 10.6 Å². The van der Waals surface area contributed by atoms with E-state index in [9.17, 15) is 4.39 Å². The molecule has 28 heavy (non-hydrogen) atoms. The van der Waals surface area contributed by atoms with Crippen LogP contribution >= 0.6 is 24.0 Å². The fraction of sp³-hybridized carbons (Fsp3) is 0.650. The van der Waals surface area contributed by atoms with Crippen LogP contribution in [-0.2, 0) is 4.74 Å². The lowest BCUT2D eigenvalue weighted by molar-refractivity contribution is 0.0170. The zero-order valence-corrected chi connectivity index (χ0v) is 19.8. The highest BCUT2D eigenvalue weighted by Gasteiger charge is 2.23. The number of likely N-dealkylation sites (N-methyl/N-ethyl adjacent to an activating group) is 1. The maximum absolute atomic E-state index is 13.3. The van der Waals surface area contributed by atoms with E-state index in [4.69, 9.17) is 4.74 Å². The Morgan fingerprint density at radius 2 is 1.86 bits per heavy atom. The molecule has 2 N–H and O–H groups in total. The van der Waals surface area contributed by atoms with Gasteiger partial charge in [0.25, 0.3) is 0 Å². The smallest absolute Gasteiger partial charge is 0.191 e. The molecule has 1 aromatic rings. The summed E-state index contributed by atoms with van der Waals surface area (Å²) in [5.74, 6) is 0.576. The molecule has 0 bridgehead atoms. The van der Waals surface area contributed by atoms with Crippen molar-refractivity contribution in [3.8, 4) is 0 Å². The van der Waals surface area contributed by atoms with Crippen LogP contribution in [0.5, 0.6) is 0 Å². The molecular formula is C20H35FIN5O. The molecule has 0 radical (unpaired) electrons. The van der Waals surface area contributed by atoms with E-state index in [0.717, 1.165) is 50.9 Å². The van der Waals surface area contributed by atoms with Gasteiger partial charge in [-0.2, -0.15) is 0 Å². The Bertz CT molecular complexity index is 578. The van der Waals surface area contributed by atoms with Gasteiger partial charge in [-0.1, -0.05) is 12.1 Å². The maximum Gasteiger partial charge on any atom is 0.191 e.